The maximum Gasteiger partial charge on any atom is 0.472 e. The van der Waals surface area contributed by atoms with Crippen molar-refractivity contribution in [2.45, 2.75) is 374 Å². The van der Waals surface area contributed by atoms with Crippen LogP contribution in [0.3, 0.4) is 0 Å². The summed E-state index contributed by atoms with van der Waals surface area (Å²) >= 11 is 0. The zero-order valence-corrected chi connectivity index (χ0v) is 59.5. The van der Waals surface area contributed by atoms with Crippen molar-refractivity contribution >= 4 is 39.5 Å². The molecule has 0 aromatic rings. The highest BCUT2D eigenvalue weighted by molar-refractivity contribution is 7.47. The summed E-state index contributed by atoms with van der Waals surface area (Å²) < 4.78 is 68.2. The van der Waals surface area contributed by atoms with E-state index >= 15 is 0 Å². The number of carbonyl (C=O) groups is 4. The SMILES string of the molecule is CCCCCCCCCCCCCC(=O)O[C@H](COC(=O)CCCCCCCCCC)COP(=O)(O)OC[C@H](O)COP(=O)(O)OC[C@@H](COC(=O)CCCCCCCCCCCC(C)C)OC(=O)CCCCCCCCCCCCCCCCC(C)CC. The quantitative estimate of drug-likeness (QED) is 0.0222. The van der Waals surface area contributed by atoms with Crippen molar-refractivity contribution in [3.8, 4) is 0 Å². The van der Waals surface area contributed by atoms with Gasteiger partial charge in [0.2, 0.25) is 0 Å². The van der Waals surface area contributed by atoms with E-state index in [1.807, 2.05) is 0 Å². The summed E-state index contributed by atoms with van der Waals surface area (Å²) in [6, 6.07) is 0. The second kappa shape index (κ2) is 62.2. The predicted octanol–water partition coefficient (Wildman–Crippen LogP) is 20.0. The number of esters is 4. The molecule has 0 fully saturated rings. The van der Waals surface area contributed by atoms with Gasteiger partial charge >= 0.3 is 39.5 Å². The lowest BCUT2D eigenvalue weighted by molar-refractivity contribution is -0.161. The highest BCUT2D eigenvalue weighted by atomic mass is 31.2. The van der Waals surface area contributed by atoms with Crippen LogP contribution in [0.1, 0.15) is 356 Å². The van der Waals surface area contributed by atoms with Gasteiger partial charge in [-0.2, -0.15) is 0 Å². The molecule has 0 aliphatic carbocycles. The number of aliphatic hydroxyl groups excluding tert-OH is 1. The number of hydrogen-bond acceptors (Lipinski definition) is 15. The first-order chi connectivity index (χ1) is 42.9. The van der Waals surface area contributed by atoms with Crippen LogP contribution in [0.5, 0.6) is 0 Å². The topological polar surface area (TPSA) is 237 Å². The minimum atomic E-state index is -4.95. The third-order valence-electron chi connectivity index (χ3n) is 16.6. The van der Waals surface area contributed by atoms with E-state index in [4.69, 9.17) is 37.0 Å². The molecule has 0 amide bonds. The largest absolute Gasteiger partial charge is 0.472 e. The van der Waals surface area contributed by atoms with Crippen molar-refractivity contribution in [3.05, 3.63) is 0 Å². The first-order valence-corrected chi connectivity index (χ1v) is 39.5. The van der Waals surface area contributed by atoms with Gasteiger partial charge in [0.15, 0.2) is 12.2 Å². The summed E-state index contributed by atoms with van der Waals surface area (Å²) in [5.41, 5.74) is 0. The van der Waals surface area contributed by atoms with E-state index in [2.05, 4.69) is 41.5 Å². The first kappa shape index (κ1) is 87.1. The Hall–Kier alpha value is -1.94. The molecule has 0 saturated carbocycles. The van der Waals surface area contributed by atoms with E-state index in [0.29, 0.717) is 25.7 Å². The molecule has 528 valence electrons. The number of aliphatic hydroxyl groups is 1. The number of phosphoric acid groups is 2. The number of rotatable bonds is 69. The van der Waals surface area contributed by atoms with E-state index in [1.54, 1.807) is 0 Å². The zero-order chi connectivity index (χ0) is 65.7. The molecule has 0 aliphatic rings. The van der Waals surface area contributed by atoms with Crippen molar-refractivity contribution in [1.82, 2.24) is 0 Å². The lowest BCUT2D eigenvalue weighted by Crippen LogP contribution is -2.30. The fraction of sp³-hybridized carbons (Fsp3) is 0.943. The Kier molecular flexibility index (Phi) is 60.8. The van der Waals surface area contributed by atoms with Gasteiger partial charge in [-0.3, -0.25) is 37.3 Å². The number of hydrogen-bond donors (Lipinski definition) is 3. The van der Waals surface area contributed by atoms with Gasteiger partial charge < -0.3 is 33.8 Å². The maximum atomic E-state index is 13.0. The van der Waals surface area contributed by atoms with Crippen molar-refractivity contribution in [1.29, 1.82) is 0 Å². The van der Waals surface area contributed by atoms with Gasteiger partial charge in [0.1, 0.15) is 19.3 Å². The van der Waals surface area contributed by atoms with Crippen molar-refractivity contribution in [2.75, 3.05) is 39.6 Å². The fourth-order valence-corrected chi connectivity index (χ4v) is 12.1. The zero-order valence-electron chi connectivity index (χ0n) is 57.7. The monoisotopic (exact) mass is 1310 g/mol. The lowest BCUT2D eigenvalue weighted by atomic mass is 9.99. The van der Waals surface area contributed by atoms with Crippen LogP contribution in [0.2, 0.25) is 0 Å². The van der Waals surface area contributed by atoms with E-state index in [9.17, 15) is 43.2 Å². The van der Waals surface area contributed by atoms with Crippen molar-refractivity contribution in [3.63, 3.8) is 0 Å². The molecule has 89 heavy (non-hydrogen) atoms. The molecule has 0 spiro atoms. The standard InChI is InChI=1S/C70H136O17P2/c1-7-10-12-14-16-18-23-29-36-42-48-54-69(74)86-65(58-80-67(72)52-46-40-34-17-15-13-11-8-2)60-84-88(76,77)82-56-64(71)57-83-89(78,79)85-61-66(59-81-68(73)53-47-41-35-31-26-27-32-38-44-50-62(4)5)87-70(75)55-49-43-37-30-25-22-20-19-21-24-28-33-39-45-51-63(6)9-3/h62-66,71H,7-61H2,1-6H3,(H,76,77)(H,78,79)/t63?,64-,65+,66+/m0/s1. The minimum absolute atomic E-state index is 0.107. The molecule has 0 aromatic heterocycles. The molecule has 17 nitrogen and oxygen atoms in total. The molecule has 0 saturated heterocycles. The molecule has 0 heterocycles. The van der Waals surface area contributed by atoms with Gasteiger partial charge in [-0.15, -0.1) is 0 Å². The van der Waals surface area contributed by atoms with E-state index in [1.165, 1.54) is 167 Å². The first-order valence-electron chi connectivity index (χ1n) is 36.5. The minimum Gasteiger partial charge on any atom is -0.462 e. The van der Waals surface area contributed by atoms with Crippen LogP contribution in [-0.4, -0.2) is 96.7 Å². The molecule has 19 heteroatoms. The van der Waals surface area contributed by atoms with Crippen LogP contribution in [0.4, 0.5) is 0 Å². The fourth-order valence-electron chi connectivity index (χ4n) is 10.6. The normalized spacial score (nSPS) is 14.4. The summed E-state index contributed by atoms with van der Waals surface area (Å²) in [5.74, 6) is -0.537. The van der Waals surface area contributed by atoms with Crippen molar-refractivity contribution in [2.24, 2.45) is 11.8 Å². The average Bonchev–Trinajstić information content (AvgIpc) is 3.68. The third-order valence-corrected chi connectivity index (χ3v) is 18.5. The molecule has 0 aliphatic heterocycles. The summed E-state index contributed by atoms with van der Waals surface area (Å²) in [6.07, 6.45) is 47.1. The Bertz CT molecular complexity index is 1740. The van der Waals surface area contributed by atoms with E-state index < -0.39 is 97.5 Å². The molecule has 3 unspecified atom stereocenters. The van der Waals surface area contributed by atoms with Gasteiger partial charge in [-0.25, -0.2) is 9.13 Å². The molecule has 0 aromatic carbocycles. The molecule has 3 N–H and O–H groups in total. The van der Waals surface area contributed by atoms with Crippen LogP contribution in [0.25, 0.3) is 0 Å². The van der Waals surface area contributed by atoms with Gasteiger partial charge in [0.05, 0.1) is 26.4 Å². The Labute approximate surface area is 543 Å². The molecule has 0 radical (unpaired) electrons. The predicted molar refractivity (Wildman–Crippen MR) is 358 cm³/mol. The maximum absolute atomic E-state index is 13.0. The highest BCUT2D eigenvalue weighted by Gasteiger charge is 2.30. The summed E-state index contributed by atoms with van der Waals surface area (Å²) in [4.78, 5) is 72.4. The number of ether oxygens (including phenoxy) is 4. The molecule has 0 bridgehead atoms. The van der Waals surface area contributed by atoms with E-state index in [-0.39, 0.29) is 25.7 Å². The number of carbonyl (C=O) groups excluding carboxylic acids is 4. The third kappa shape index (κ3) is 63.2. The molecular formula is C70H136O17P2. The second-order valence-electron chi connectivity index (χ2n) is 26.0. The molecular weight excluding hydrogens is 1170 g/mol. The number of unbranched alkanes of at least 4 members (excludes halogenated alkanes) is 38. The Morgan fingerprint density at radius 2 is 0.573 bits per heavy atom. The average molecular weight is 1310 g/mol. The summed E-state index contributed by atoms with van der Waals surface area (Å²) in [7, 11) is -9.90. The smallest absolute Gasteiger partial charge is 0.462 e. The number of phosphoric ester groups is 2. The lowest BCUT2D eigenvalue weighted by Gasteiger charge is -2.21. The Morgan fingerprint density at radius 3 is 0.854 bits per heavy atom. The van der Waals surface area contributed by atoms with Crippen LogP contribution in [0, 0.1) is 11.8 Å². The van der Waals surface area contributed by atoms with Crippen LogP contribution < -0.4 is 0 Å². The van der Waals surface area contributed by atoms with Crippen LogP contribution in [-0.2, 0) is 65.4 Å². The summed E-state index contributed by atoms with van der Waals surface area (Å²) in [6.45, 7) is 9.55. The van der Waals surface area contributed by atoms with Gasteiger partial charge in [0, 0.05) is 25.7 Å². The summed E-state index contributed by atoms with van der Waals surface area (Å²) in [5, 5.41) is 10.6. The second-order valence-corrected chi connectivity index (χ2v) is 28.9. The van der Waals surface area contributed by atoms with E-state index in [0.717, 1.165) is 108 Å². The highest BCUT2D eigenvalue weighted by Crippen LogP contribution is 2.45. The molecule has 0 rings (SSSR count). The Balaban J connectivity index is 5.21. The Morgan fingerprint density at radius 1 is 0.326 bits per heavy atom. The van der Waals surface area contributed by atoms with Gasteiger partial charge in [-0.05, 0) is 37.5 Å². The van der Waals surface area contributed by atoms with Crippen LogP contribution in [0.15, 0.2) is 0 Å². The van der Waals surface area contributed by atoms with Crippen LogP contribution >= 0.6 is 15.6 Å². The van der Waals surface area contributed by atoms with Gasteiger partial charge in [0.25, 0.3) is 0 Å². The van der Waals surface area contributed by atoms with Gasteiger partial charge in [-0.1, -0.05) is 305 Å². The van der Waals surface area contributed by atoms with Crippen molar-refractivity contribution < 1.29 is 80.2 Å². The molecule has 6 atom stereocenters.